The van der Waals surface area contributed by atoms with Crippen molar-refractivity contribution in [3.8, 4) is 22.3 Å². The van der Waals surface area contributed by atoms with E-state index in [0.29, 0.717) is 43.5 Å². The summed E-state index contributed by atoms with van der Waals surface area (Å²) in [5.74, 6) is -3.35. The molecule has 3 fully saturated rings. The number of nitrogens with one attached hydrogen (secondary N) is 4. The fourth-order valence-electron chi connectivity index (χ4n) is 11.0. The van der Waals surface area contributed by atoms with Crippen molar-refractivity contribution in [1.29, 1.82) is 5.26 Å². The van der Waals surface area contributed by atoms with E-state index in [4.69, 9.17) is 21.1 Å². The third kappa shape index (κ3) is 12.1. The van der Waals surface area contributed by atoms with Gasteiger partial charge in [0.1, 0.15) is 48.2 Å². The third-order valence-electron chi connectivity index (χ3n) is 14.5. The van der Waals surface area contributed by atoms with Gasteiger partial charge in [-0.2, -0.15) is 5.26 Å². The molecule has 18 heteroatoms. The highest BCUT2D eigenvalue weighted by Crippen LogP contribution is 2.55. The summed E-state index contributed by atoms with van der Waals surface area (Å²) in [6.07, 6.45) is 1.18. The average molecular weight is 1030 g/mol. The summed E-state index contributed by atoms with van der Waals surface area (Å²) in [7, 11) is 0. The highest BCUT2D eigenvalue weighted by Gasteiger charge is 2.64. The lowest BCUT2D eigenvalue weighted by atomic mass is 9.49. The van der Waals surface area contributed by atoms with Crippen LogP contribution in [0.15, 0.2) is 60.1 Å². The van der Waals surface area contributed by atoms with Gasteiger partial charge < -0.3 is 40.7 Å². The number of β-amino-alcohol motifs (C(OH)–C–C–N with tert-alkyl or cyclic N) is 1. The van der Waals surface area contributed by atoms with Crippen molar-refractivity contribution in [2.24, 2.45) is 16.2 Å². The topological polar surface area (TPSA) is 195 Å². The quantitative estimate of drug-likeness (QED) is 0.0648. The highest BCUT2D eigenvalue weighted by molar-refractivity contribution is 7.13. The molecule has 3 aromatic carbocycles. The van der Waals surface area contributed by atoms with Gasteiger partial charge >= 0.3 is 0 Å². The van der Waals surface area contributed by atoms with Gasteiger partial charge in [0.05, 0.1) is 39.4 Å². The maximum atomic E-state index is 15.7. The first-order valence-electron chi connectivity index (χ1n) is 24.5. The number of aryl methyl sites for hydroxylation is 1. The Hall–Kier alpha value is -5.51. The number of aromatic nitrogens is 1. The predicted molar refractivity (Wildman–Crippen MR) is 271 cm³/mol. The monoisotopic (exact) mass is 1030 g/mol. The number of carbonyl (C=O) groups is 4. The SMILES string of the molecule is Cc1ncsc1-c1ccc(CNC(=O)[C@@H]2C[C@@H](O)CN2C(=O)C(NC(=O)COCCNC2CCC(c3c(F)cc(C(=O)N[C@H]4C(C)(C)[C@H](Oc5ccc(C#N)c(Cl)c5)C4(C)C)cc3F)CC2)C(C)(C)C)cc1. The number of nitriles is 1. The largest absolute Gasteiger partial charge is 0.489 e. The van der Waals surface area contributed by atoms with Crippen LogP contribution in [0.3, 0.4) is 0 Å². The molecule has 386 valence electrons. The van der Waals surface area contributed by atoms with Crippen LogP contribution in [0.1, 0.15) is 119 Å². The predicted octanol–water partition coefficient (Wildman–Crippen LogP) is 7.98. The highest BCUT2D eigenvalue weighted by atomic mass is 35.5. The second-order valence-electron chi connectivity index (χ2n) is 21.7. The minimum absolute atomic E-state index is 0.0230. The summed E-state index contributed by atoms with van der Waals surface area (Å²) >= 11 is 7.79. The summed E-state index contributed by atoms with van der Waals surface area (Å²) in [6.45, 7) is 15.7. The van der Waals surface area contributed by atoms with Crippen LogP contribution in [0.5, 0.6) is 5.75 Å². The molecule has 2 saturated carbocycles. The van der Waals surface area contributed by atoms with Crippen molar-refractivity contribution in [3.05, 3.63) is 105 Å². The van der Waals surface area contributed by atoms with Gasteiger partial charge in [0, 0.05) is 66.2 Å². The molecule has 1 unspecified atom stereocenters. The van der Waals surface area contributed by atoms with Crippen LogP contribution in [0, 0.1) is 46.1 Å². The number of nitrogens with zero attached hydrogens (tertiary/aromatic N) is 3. The molecule has 7 rings (SSSR count). The molecular weight excluding hydrogens is 964 g/mol. The van der Waals surface area contributed by atoms with Gasteiger partial charge in [-0.3, -0.25) is 19.2 Å². The van der Waals surface area contributed by atoms with E-state index in [1.165, 1.54) is 4.90 Å². The van der Waals surface area contributed by atoms with Crippen molar-refractivity contribution in [1.82, 2.24) is 31.2 Å². The van der Waals surface area contributed by atoms with Crippen molar-refractivity contribution in [2.45, 2.75) is 136 Å². The Bertz CT molecular complexity index is 2640. The van der Waals surface area contributed by atoms with Crippen LogP contribution in [0.2, 0.25) is 5.02 Å². The molecule has 1 aromatic heterocycles. The summed E-state index contributed by atoms with van der Waals surface area (Å²) < 4.78 is 43.4. The van der Waals surface area contributed by atoms with E-state index in [1.54, 1.807) is 35.0 Å². The van der Waals surface area contributed by atoms with E-state index in [0.717, 1.165) is 33.8 Å². The molecule has 4 aromatic rings. The number of likely N-dealkylation sites (tertiary alicyclic amines) is 1. The van der Waals surface area contributed by atoms with E-state index in [-0.39, 0.29) is 66.9 Å². The zero-order valence-corrected chi connectivity index (χ0v) is 43.7. The Labute approximate surface area is 429 Å². The zero-order chi connectivity index (χ0) is 52.3. The maximum Gasteiger partial charge on any atom is 0.251 e. The third-order valence-corrected chi connectivity index (χ3v) is 15.8. The Morgan fingerprint density at radius 2 is 1.67 bits per heavy atom. The number of thiazole rings is 1. The summed E-state index contributed by atoms with van der Waals surface area (Å²) in [6, 6.07) is 14.7. The summed E-state index contributed by atoms with van der Waals surface area (Å²) in [5, 5.41) is 32.2. The first-order valence-corrected chi connectivity index (χ1v) is 25.8. The van der Waals surface area contributed by atoms with Gasteiger partial charge in [-0.1, -0.05) is 84.3 Å². The normalized spacial score (nSPS) is 22.8. The van der Waals surface area contributed by atoms with E-state index in [2.05, 4.69) is 26.3 Å². The second-order valence-corrected chi connectivity index (χ2v) is 22.9. The van der Waals surface area contributed by atoms with Crippen molar-refractivity contribution in [3.63, 3.8) is 0 Å². The lowest BCUT2D eigenvalue weighted by Gasteiger charge is -2.63. The van der Waals surface area contributed by atoms with E-state index >= 15 is 8.78 Å². The van der Waals surface area contributed by atoms with Crippen molar-refractivity contribution < 1.29 is 42.5 Å². The molecule has 3 aliphatic rings. The number of rotatable bonds is 17. The molecule has 3 atom stereocenters. The lowest BCUT2D eigenvalue weighted by molar-refractivity contribution is -0.164. The Morgan fingerprint density at radius 1 is 1.00 bits per heavy atom. The lowest BCUT2D eigenvalue weighted by Crippen LogP contribution is -2.74. The fraction of sp³-hybridized carbons (Fsp3) is 0.519. The number of benzene rings is 3. The number of halogens is 3. The number of carbonyl (C=O) groups excluding carboxylic acids is 4. The van der Waals surface area contributed by atoms with Crippen molar-refractivity contribution >= 4 is 46.6 Å². The van der Waals surface area contributed by atoms with Gasteiger partial charge in [-0.25, -0.2) is 13.8 Å². The summed E-state index contributed by atoms with van der Waals surface area (Å²) in [5.41, 5.74) is 3.00. The van der Waals surface area contributed by atoms with Crippen molar-refractivity contribution in [2.75, 3.05) is 26.3 Å². The molecule has 14 nitrogen and oxygen atoms in total. The molecule has 2 heterocycles. The number of amides is 4. The number of hydrogen-bond acceptors (Lipinski definition) is 11. The van der Waals surface area contributed by atoms with Gasteiger partial charge in [0.15, 0.2) is 0 Å². The minimum Gasteiger partial charge on any atom is -0.489 e. The van der Waals surface area contributed by atoms with Crippen LogP contribution >= 0.6 is 22.9 Å². The molecule has 5 N–H and O–H groups in total. The molecule has 4 amide bonds. The Balaban J connectivity index is 0.832. The molecule has 2 aliphatic carbocycles. The molecule has 0 bridgehead atoms. The first kappa shape index (κ1) is 54.3. The van der Waals surface area contributed by atoms with Crippen LogP contribution in [0.25, 0.3) is 10.4 Å². The standard InChI is InChI=1S/C54H66ClF2N7O7S/c1-30-45(72-29-61-30)33-11-9-31(10-12-33)26-60-48(68)42-23-37(65)27-64(42)49(69)46(52(2,3)4)62-43(66)28-70-20-19-59-36-16-13-32(14-17-36)44-40(56)21-35(22-41(44)57)47(67)63-50-53(5,6)51(54(50,7)8)71-38-18-15-34(25-58)39(55)24-38/h9-12,15,18,21-22,24,29,32,36-37,42,46,50-51,59,65H,13-14,16-17,19-20,23,26-28H2,1-8H3,(H,60,68)(H,62,66)(H,63,67)/t32?,36?,37-,42+,46?,50-,51-/m1/s1. The number of aliphatic hydroxyl groups excluding tert-OH is 1. The molecule has 72 heavy (non-hydrogen) atoms. The minimum atomic E-state index is -1.00. The molecular formula is C54H66ClF2N7O7S. The number of hydrogen-bond donors (Lipinski definition) is 5. The van der Waals surface area contributed by atoms with Gasteiger partial charge in [-0.15, -0.1) is 11.3 Å². The van der Waals surface area contributed by atoms with Crippen LogP contribution in [-0.4, -0.2) is 101 Å². The molecule has 1 saturated heterocycles. The average Bonchev–Trinajstić information content (AvgIpc) is 3.95. The molecule has 0 spiro atoms. The van der Waals surface area contributed by atoms with Crippen LogP contribution < -0.4 is 26.0 Å². The smallest absolute Gasteiger partial charge is 0.251 e. The Morgan fingerprint density at radius 3 is 2.26 bits per heavy atom. The van der Waals surface area contributed by atoms with E-state index in [1.807, 2.05) is 85.7 Å². The van der Waals surface area contributed by atoms with Gasteiger partial charge in [0.2, 0.25) is 17.7 Å². The second kappa shape index (κ2) is 22.3. The molecule has 1 aliphatic heterocycles. The fourth-order valence-corrected chi connectivity index (χ4v) is 12.0. The van der Waals surface area contributed by atoms with Gasteiger partial charge in [0.25, 0.3) is 5.91 Å². The number of aliphatic hydroxyl groups is 1. The van der Waals surface area contributed by atoms with Crippen LogP contribution in [-0.2, 0) is 25.7 Å². The van der Waals surface area contributed by atoms with Crippen LogP contribution in [0.4, 0.5) is 8.78 Å². The maximum absolute atomic E-state index is 15.7. The first-order chi connectivity index (χ1) is 34.0. The van der Waals surface area contributed by atoms with Gasteiger partial charge in [-0.05, 0) is 79.3 Å². The van der Waals surface area contributed by atoms with E-state index < -0.39 is 75.7 Å². The number of ether oxygens (including phenoxy) is 2. The zero-order valence-electron chi connectivity index (χ0n) is 42.2. The molecule has 0 radical (unpaired) electrons. The van der Waals surface area contributed by atoms with E-state index in [9.17, 15) is 29.5 Å². The Kier molecular flexibility index (Phi) is 16.8. The summed E-state index contributed by atoms with van der Waals surface area (Å²) in [4.78, 5) is 60.9.